The molecule has 0 fully saturated rings. The Morgan fingerprint density at radius 1 is 0.540 bits per heavy atom. The van der Waals surface area contributed by atoms with Crippen molar-refractivity contribution in [2.75, 3.05) is 0 Å². The van der Waals surface area contributed by atoms with Gasteiger partial charge in [0.1, 0.15) is 0 Å². The molecule has 0 N–H and O–H groups in total. The molecule has 0 atom stereocenters. The van der Waals surface area contributed by atoms with Crippen LogP contribution in [0.4, 0.5) is 26.3 Å². The van der Waals surface area contributed by atoms with Crippen LogP contribution in [-0.4, -0.2) is 3.26 Å². The van der Waals surface area contributed by atoms with Gasteiger partial charge in [-0.15, -0.1) is 39.7 Å². The molecule has 6 rings (SSSR count). The minimum atomic E-state index is -4.40. The van der Waals surface area contributed by atoms with Crippen molar-refractivity contribution >= 4 is 24.8 Å². The Bertz CT molecular complexity index is 1890. The Labute approximate surface area is 305 Å². The van der Waals surface area contributed by atoms with Crippen LogP contribution in [0.1, 0.15) is 86.1 Å². The van der Waals surface area contributed by atoms with Gasteiger partial charge in [0.05, 0.1) is 0 Å². The number of hydrogen-bond donors (Lipinski definition) is 0. The number of aryl methyl sites for hydroxylation is 2. The predicted molar refractivity (Wildman–Crippen MR) is 192 cm³/mol. The largest absolute Gasteiger partial charge is 0.214 e. The van der Waals surface area contributed by atoms with E-state index in [1.54, 1.807) is 0 Å². The summed E-state index contributed by atoms with van der Waals surface area (Å²) in [6.45, 7) is 18.3. The van der Waals surface area contributed by atoms with Gasteiger partial charge in [0.25, 0.3) is 0 Å². The standard InChI is InChI=1S/C23H29.C15H8F6.C5H5.Hf/c1-14-9-16-11-17-10-15(2)21(23(6,7)8)13-19(17)18(16)12-20(14)22(3,4)5;16-14(17,18)12-5-1-10(2-6-12)9-11-3-7-13(8-4-11)15(19,20)21;1-2-4-5-3-1;/h9-13H,1-8H3;1-8H;1-5H;/q-1;;-1;+2. The number of fused-ring (bicyclic) bond motifs is 3. The van der Waals surface area contributed by atoms with E-state index in [0.29, 0.717) is 35.0 Å². The van der Waals surface area contributed by atoms with Gasteiger partial charge in [0.2, 0.25) is 0 Å². The van der Waals surface area contributed by atoms with Crippen molar-refractivity contribution in [2.45, 2.75) is 78.6 Å². The van der Waals surface area contributed by atoms with Crippen molar-refractivity contribution in [3.8, 4) is 0 Å². The Morgan fingerprint density at radius 3 is 1.14 bits per heavy atom. The van der Waals surface area contributed by atoms with Gasteiger partial charge >= 0.3 is 137 Å². The van der Waals surface area contributed by atoms with E-state index in [9.17, 15) is 26.3 Å². The fourth-order valence-corrected chi connectivity index (χ4v) is 7.29. The van der Waals surface area contributed by atoms with Gasteiger partial charge in [-0.25, -0.2) is 12.1 Å². The van der Waals surface area contributed by atoms with E-state index < -0.39 is 23.5 Å². The smallest absolute Gasteiger partial charge is 0.172 e. The zero-order valence-electron chi connectivity index (χ0n) is 29.7. The molecule has 0 amide bonds. The van der Waals surface area contributed by atoms with E-state index in [1.165, 1.54) is 68.1 Å². The summed E-state index contributed by atoms with van der Waals surface area (Å²) in [4.78, 5) is 0. The number of benzene rings is 4. The van der Waals surface area contributed by atoms with Gasteiger partial charge < -0.3 is 0 Å². The first-order valence-electron chi connectivity index (χ1n) is 16.3. The molecule has 0 nitrogen and oxygen atoms in total. The molecule has 0 spiro atoms. The Morgan fingerprint density at radius 2 is 0.880 bits per heavy atom. The summed E-state index contributed by atoms with van der Waals surface area (Å²) in [5.74, 6) is 0. The number of rotatable bonds is 2. The first kappa shape index (κ1) is 39.2. The van der Waals surface area contributed by atoms with Crippen LogP contribution < -0.4 is 0 Å². The number of alkyl halides is 6. The first-order valence-corrected chi connectivity index (χ1v) is 18.1. The molecule has 0 unspecified atom stereocenters. The second-order valence-corrected chi connectivity index (χ2v) is 16.4. The monoisotopic (exact) mass is 852 g/mol. The molecule has 0 radical (unpaired) electrons. The Kier molecular flexibility index (Phi) is 11.7. The molecule has 50 heavy (non-hydrogen) atoms. The quantitative estimate of drug-likeness (QED) is 0.0925. The molecule has 7 heteroatoms. The van der Waals surface area contributed by atoms with Gasteiger partial charge in [-0.2, -0.15) is 18.2 Å². The third-order valence-electron chi connectivity index (χ3n) is 8.57. The molecule has 0 aliphatic carbocycles. The van der Waals surface area contributed by atoms with E-state index in [2.05, 4.69) is 85.7 Å². The summed E-state index contributed by atoms with van der Waals surface area (Å²) in [7, 11) is 0. The molecule has 260 valence electrons. The predicted octanol–water partition coefficient (Wildman–Crippen LogP) is 13.2. The van der Waals surface area contributed by atoms with Crippen LogP contribution in [0.15, 0.2) is 109 Å². The van der Waals surface area contributed by atoms with Crippen molar-refractivity contribution < 1.29 is 50.2 Å². The maximum Gasteiger partial charge on any atom is -0.172 e. The zero-order chi connectivity index (χ0) is 37.2. The summed E-state index contributed by atoms with van der Waals surface area (Å²) in [5.41, 5.74) is 5.72. The molecule has 0 saturated carbocycles. The molecule has 0 bridgehead atoms. The Balaban J connectivity index is 0.000000197. The summed E-state index contributed by atoms with van der Waals surface area (Å²) in [6, 6.07) is 31.2. The summed E-state index contributed by atoms with van der Waals surface area (Å²) >= 11 is 0.493. The molecular formula is C43H42F6Hf. The van der Waals surface area contributed by atoms with Crippen LogP contribution in [0.5, 0.6) is 0 Å². The average molecular weight is 851 g/mol. The molecule has 0 heterocycles. The van der Waals surface area contributed by atoms with Gasteiger partial charge in [-0.05, 0) is 24.7 Å². The second-order valence-electron chi connectivity index (χ2n) is 14.6. The third kappa shape index (κ3) is 9.60. The fraction of sp³-hybridized carbons (Fsp3) is 0.279. The zero-order valence-corrected chi connectivity index (χ0v) is 33.3. The molecule has 0 aliphatic rings. The van der Waals surface area contributed by atoms with Crippen molar-refractivity contribution in [3.05, 3.63) is 154 Å². The maximum absolute atomic E-state index is 12.5. The Hall–Kier alpha value is -3.58. The minimum Gasteiger partial charge on any atom is -0.214 e. The summed E-state index contributed by atoms with van der Waals surface area (Å²) < 4.78 is 75.7. The number of hydrogen-bond acceptors (Lipinski definition) is 0. The van der Waals surface area contributed by atoms with Crippen LogP contribution in [0.3, 0.4) is 0 Å². The SMILES string of the molecule is Cc1cc2[cH-]c3cc(C)c(C(C)(C)C)cc3c2cc1C(C)(C)C.FC(F)(F)c1ccc([C](=[Hf+2])c2ccc(C(F)(F)F)cc2)cc1.c1cc[cH-]c1. The van der Waals surface area contributed by atoms with Gasteiger partial charge in [0, 0.05) is 0 Å². The first-order chi connectivity index (χ1) is 23.1. The van der Waals surface area contributed by atoms with Crippen LogP contribution in [0, 0.1) is 13.8 Å². The van der Waals surface area contributed by atoms with Crippen molar-refractivity contribution in [3.63, 3.8) is 0 Å². The van der Waals surface area contributed by atoms with Crippen LogP contribution in [0.2, 0.25) is 0 Å². The van der Waals surface area contributed by atoms with Crippen molar-refractivity contribution in [1.82, 2.24) is 0 Å². The topological polar surface area (TPSA) is 0 Å². The summed E-state index contributed by atoms with van der Waals surface area (Å²) in [5, 5.41) is 5.55. The van der Waals surface area contributed by atoms with E-state index in [0.717, 1.165) is 27.5 Å². The van der Waals surface area contributed by atoms with Crippen LogP contribution >= 0.6 is 0 Å². The minimum absolute atomic E-state index is 0.180. The number of halogens is 6. The third-order valence-corrected chi connectivity index (χ3v) is 10.6. The molecular weight excluding hydrogens is 809 g/mol. The van der Waals surface area contributed by atoms with E-state index in [1.807, 2.05) is 30.3 Å². The maximum atomic E-state index is 12.5. The van der Waals surface area contributed by atoms with E-state index >= 15 is 0 Å². The van der Waals surface area contributed by atoms with Crippen molar-refractivity contribution in [2.24, 2.45) is 0 Å². The van der Waals surface area contributed by atoms with Gasteiger partial charge in [0.15, 0.2) is 0 Å². The molecule has 0 aromatic heterocycles. The van der Waals surface area contributed by atoms with Crippen molar-refractivity contribution in [1.29, 1.82) is 0 Å². The molecule has 6 aromatic carbocycles. The second kappa shape index (κ2) is 15.0. The van der Waals surface area contributed by atoms with E-state index in [-0.39, 0.29) is 10.8 Å². The fourth-order valence-electron chi connectivity index (χ4n) is 6.09. The normalized spacial score (nSPS) is 12.3. The molecule has 0 aliphatic heterocycles. The average Bonchev–Trinajstić information content (AvgIpc) is 3.70. The van der Waals surface area contributed by atoms with Crippen LogP contribution in [0.25, 0.3) is 21.5 Å². The van der Waals surface area contributed by atoms with E-state index in [4.69, 9.17) is 0 Å². The summed E-state index contributed by atoms with van der Waals surface area (Å²) in [6.07, 6.45) is -8.81. The van der Waals surface area contributed by atoms with Gasteiger partial charge in [-0.1, -0.05) is 75.9 Å². The van der Waals surface area contributed by atoms with Gasteiger partial charge in [-0.3, -0.25) is 0 Å². The molecule has 6 aromatic rings. The molecule has 0 saturated heterocycles. The van der Waals surface area contributed by atoms with Crippen LogP contribution in [-0.2, 0) is 47.1 Å².